The molecule has 0 heterocycles. The first-order chi connectivity index (χ1) is 12.4. The summed E-state index contributed by atoms with van der Waals surface area (Å²) in [7, 11) is 1.44. The molecule has 0 fully saturated rings. The third-order valence-electron chi connectivity index (χ3n) is 3.92. The molecular formula is C21H22O5. The molecule has 136 valence electrons. The van der Waals surface area contributed by atoms with Crippen LogP contribution in [0.15, 0.2) is 48.5 Å². The Labute approximate surface area is 152 Å². The van der Waals surface area contributed by atoms with Gasteiger partial charge in [-0.3, -0.25) is 4.79 Å². The maximum absolute atomic E-state index is 12.3. The van der Waals surface area contributed by atoms with Crippen molar-refractivity contribution in [1.29, 1.82) is 0 Å². The largest absolute Gasteiger partial charge is 0.504 e. The number of Topliss-reactive ketones (excluding diaryl/α,β-unsaturated/α-hetero) is 1. The molecule has 26 heavy (non-hydrogen) atoms. The van der Waals surface area contributed by atoms with Crippen LogP contribution in [0.2, 0.25) is 0 Å². The van der Waals surface area contributed by atoms with Gasteiger partial charge in [0.1, 0.15) is 0 Å². The minimum atomic E-state index is -0.881. The van der Waals surface area contributed by atoms with Gasteiger partial charge in [-0.1, -0.05) is 37.3 Å². The predicted octanol–water partition coefficient (Wildman–Crippen LogP) is 3.79. The molecule has 0 amide bonds. The molecule has 0 spiro atoms. The van der Waals surface area contributed by atoms with E-state index < -0.39 is 12.1 Å². The van der Waals surface area contributed by atoms with Crippen molar-refractivity contribution in [2.75, 3.05) is 7.11 Å². The topological polar surface area (TPSA) is 72.8 Å². The van der Waals surface area contributed by atoms with Crippen LogP contribution in [0.3, 0.4) is 0 Å². The van der Waals surface area contributed by atoms with Gasteiger partial charge in [-0.25, -0.2) is 4.79 Å². The highest BCUT2D eigenvalue weighted by Gasteiger charge is 2.18. The SMILES string of the molecule is CCc1ccc(C(=O)C(C)OC(=O)/C=C/c2ccc(O)c(OC)c2)cc1. The molecule has 2 rings (SSSR count). The molecule has 0 saturated carbocycles. The van der Waals surface area contributed by atoms with Gasteiger partial charge in [-0.05, 0) is 42.7 Å². The van der Waals surface area contributed by atoms with Crippen LogP contribution in [0, 0.1) is 0 Å². The van der Waals surface area contributed by atoms with Crippen molar-refractivity contribution in [3.05, 3.63) is 65.2 Å². The Morgan fingerprint density at radius 3 is 2.46 bits per heavy atom. The Kier molecular flexibility index (Phi) is 6.55. The number of carbonyl (C=O) groups is 2. The number of phenols is 1. The Morgan fingerprint density at radius 1 is 1.15 bits per heavy atom. The maximum atomic E-state index is 12.3. The number of aromatic hydroxyl groups is 1. The second-order valence-electron chi connectivity index (χ2n) is 5.76. The van der Waals surface area contributed by atoms with E-state index in [9.17, 15) is 14.7 Å². The minimum Gasteiger partial charge on any atom is -0.504 e. The van der Waals surface area contributed by atoms with Crippen LogP contribution < -0.4 is 4.74 Å². The molecule has 0 saturated heterocycles. The molecule has 1 atom stereocenters. The summed E-state index contributed by atoms with van der Waals surface area (Å²) in [4.78, 5) is 24.3. The van der Waals surface area contributed by atoms with Crippen molar-refractivity contribution < 1.29 is 24.2 Å². The molecule has 0 aliphatic carbocycles. The minimum absolute atomic E-state index is 0.0144. The summed E-state index contributed by atoms with van der Waals surface area (Å²) in [5.74, 6) is -0.552. The van der Waals surface area contributed by atoms with Crippen molar-refractivity contribution in [2.45, 2.75) is 26.4 Å². The van der Waals surface area contributed by atoms with Crippen LogP contribution in [0.1, 0.15) is 35.3 Å². The first kappa shape index (κ1) is 19.2. The lowest BCUT2D eigenvalue weighted by Gasteiger charge is -2.11. The van der Waals surface area contributed by atoms with E-state index in [-0.39, 0.29) is 11.5 Å². The van der Waals surface area contributed by atoms with E-state index in [4.69, 9.17) is 9.47 Å². The van der Waals surface area contributed by atoms with Gasteiger partial charge in [-0.2, -0.15) is 0 Å². The average molecular weight is 354 g/mol. The molecular weight excluding hydrogens is 332 g/mol. The molecule has 1 unspecified atom stereocenters. The summed E-state index contributed by atoms with van der Waals surface area (Å²) in [5.41, 5.74) is 2.30. The Morgan fingerprint density at radius 2 is 1.85 bits per heavy atom. The maximum Gasteiger partial charge on any atom is 0.331 e. The van der Waals surface area contributed by atoms with Crippen LogP contribution in [0.25, 0.3) is 6.08 Å². The molecule has 0 radical (unpaired) electrons. The van der Waals surface area contributed by atoms with Gasteiger partial charge in [0.25, 0.3) is 0 Å². The highest BCUT2D eigenvalue weighted by Crippen LogP contribution is 2.26. The zero-order valence-electron chi connectivity index (χ0n) is 15.1. The zero-order valence-corrected chi connectivity index (χ0v) is 15.1. The smallest absolute Gasteiger partial charge is 0.331 e. The molecule has 1 N–H and O–H groups in total. The van der Waals surface area contributed by atoms with Gasteiger partial charge in [0.05, 0.1) is 7.11 Å². The summed E-state index contributed by atoms with van der Waals surface area (Å²) in [5, 5.41) is 9.56. The number of ether oxygens (including phenoxy) is 2. The third kappa shape index (κ3) is 4.96. The lowest BCUT2D eigenvalue weighted by atomic mass is 10.0. The van der Waals surface area contributed by atoms with Gasteiger partial charge in [0.15, 0.2) is 17.6 Å². The molecule has 0 bridgehead atoms. The van der Waals surface area contributed by atoms with Crippen LogP contribution in [-0.4, -0.2) is 30.1 Å². The number of methoxy groups -OCH3 is 1. The van der Waals surface area contributed by atoms with E-state index in [0.29, 0.717) is 16.9 Å². The fraction of sp³-hybridized carbons (Fsp3) is 0.238. The molecule has 0 aromatic heterocycles. The number of phenolic OH excluding ortho intramolecular Hbond substituents is 1. The summed E-state index contributed by atoms with van der Waals surface area (Å²) in [6, 6.07) is 11.9. The lowest BCUT2D eigenvalue weighted by molar-refractivity contribution is -0.140. The van der Waals surface area contributed by atoms with Crippen LogP contribution in [0.4, 0.5) is 0 Å². The van der Waals surface area contributed by atoms with Crippen molar-refractivity contribution in [3.63, 3.8) is 0 Å². The fourth-order valence-electron chi connectivity index (χ4n) is 2.37. The van der Waals surface area contributed by atoms with E-state index in [1.54, 1.807) is 31.2 Å². The van der Waals surface area contributed by atoms with Crippen molar-refractivity contribution in [2.24, 2.45) is 0 Å². The fourth-order valence-corrected chi connectivity index (χ4v) is 2.37. The standard InChI is InChI=1S/C21H22O5/c1-4-15-5-9-17(10-6-15)21(24)14(2)26-20(23)12-8-16-7-11-18(22)19(13-16)25-3/h5-14,22H,4H2,1-3H3/b12-8+. The van der Waals surface area contributed by atoms with Gasteiger partial charge >= 0.3 is 5.97 Å². The van der Waals surface area contributed by atoms with Gasteiger partial charge < -0.3 is 14.6 Å². The number of ketones is 1. The second kappa shape index (κ2) is 8.85. The highest BCUT2D eigenvalue weighted by atomic mass is 16.5. The second-order valence-corrected chi connectivity index (χ2v) is 5.76. The number of benzene rings is 2. The molecule has 0 aliphatic rings. The number of carbonyl (C=O) groups excluding carboxylic acids is 2. The van der Waals surface area contributed by atoms with Crippen molar-refractivity contribution in [1.82, 2.24) is 0 Å². The number of hydrogen-bond acceptors (Lipinski definition) is 5. The number of aryl methyl sites for hydroxylation is 1. The number of rotatable bonds is 7. The van der Waals surface area contributed by atoms with Gasteiger partial charge in [0, 0.05) is 11.6 Å². The lowest BCUT2D eigenvalue weighted by Crippen LogP contribution is -2.23. The Bertz CT molecular complexity index is 806. The van der Waals surface area contributed by atoms with Gasteiger partial charge in [-0.15, -0.1) is 0 Å². The first-order valence-electron chi connectivity index (χ1n) is 8.33. The van der Waals surface area contributed by atoms with E-state index in [2.05, 4.69) is 0 Å². The third-order valence-corrected chi connectivity index (χ3v) is 3.92. The van der Waals surface area contributed by atoms with E-state index in [0.717, 1.165) is 12.0 Å². The Hall–Kier alpha value is -3.08. The molecule has 2 aromatic carbocycles. The normalized spacial score (nSPS) is 12.0. The molecule has 5 heteroatoms. The highest BCUT2D eigenvalue weighted by molar-refractivity contribution is 6.01. The summed E-state index contributed by atoms with van der Waals surface area (Å²) < 4.78 is 10.2. The van der Waals surface area contributed by atoms with E-state index >= 15 is 0 Å². The van der Waals surface area contributed by atoms with E-state index in [1.165, 1.54) is 25.3 Å². The number of esters is 1. The van der Waals surface area contributed by atoms with Crippen LogP contribution in [-0.2, 0) is 16.0 Å². The van der Waals surface area contributed by atoms with Crippen molar-refractivity contribution >= 4 is 17.8 Å². The Balaban J connectivity index is 1.98. The quantitative estimate of drug-likeness (QED) is 0.465. The molecule has 0 aliphatic heterocycles. The first-order valence-corrected chi connectivity index (χ1v) is 8.33. The molecule has 5 nitrogen and oxygen atoms in total. The summed E-state index contributed by atoms with van der Waals surface area (Å²) >= 11 is 0. The van der Waals surface area contributed by atoms with E-state index in [1.807, 2.05) is 19.1 Å². The van der Waals surface area contributed by atoms with Gasteiger partial charge in [0.2, 0.25) is 5.78 Å². The predicted molar refractivity (Wildman–Crippen MR) is 99.4 cm³/mol. The van der Waals surface area contributed by atoms with Crippen LogP contribution >= 0.6 is 0 Å². The van der Waals surface area contributed by atoms with Crippen molar-refractivity contribution in [3.8, 4) is 11.5 Å². The number of hydrogen-bond donors (Lipinski definition) is 1. The summed E-state index contributed by atoms with van der Waals surface area (Å²) in [6.45, 7) is 3.59. The molecule has 2 aromatic rings. The monoisotopic (exact) mass is 354 g/mol. The van der Waals surface area contributed by atoms with Crippen LogP contribution in [0.5, 0.6) is 11.5 Å². The average Bonchev–Trinajstić information content (AvgIpc) is 2.66. The summed E-state index contributed by atoms with van der Waals surface area (Å²) in [6.07, 6.45) is 2.77. The zero-order chi connectivity index (χ0) is 19.1.